The smallest absolute Gasteiger partial charge is 0.223 e. The summed E-state index contributed by atoms with van der Waals surface area (Å²) in [6.07, 6.45) is 0.465. The van der Waals surface area contributed by atoms with Crippen LogP contribution in [0.5, 0.6) is 0 Å². The van der Waals surface area contributed by atoms with E-state index >= 15 is 0 Å². The quantitative estimate of drug-likeness (QED) is 0.699. The number of ether oxygens (including phenoxy) is 1. The Hall–Kier alpha value is -0.610. The highest BCUT2D eigenvalue weighted by molar-refractivity contribution is 5.76. The Kier molecular flexibility index (Phi) is 4.35. The zero-order valence-corrected chi connectivity index (χ0v) is 9.03. The molecule has 4 nitrogen and oxygen atoms in total. The second-order valence-corrected chi connectivity index (χ2v) is 4.03. The summed E-state index contributed by atoms with van der Waals surface area (Å²) in [5.74, 6) is 1.20. The van der Waals surface area contributed by atoms with Gasteiger partial charge in [-0.3, -0.25) is 4.79 Å². The lowest BCUT2D eigenvalue weighted by molar-refractivity contribution is -0.130. The average Bonchev–Trinajstić information content (AvgIpc) is 2.49. The molecule has 0 aromatic heterocycles. The van der Waals surface area contributed by atoms with Crippen molar-refractivity contribution in [3.05, 3.63) is 0 Å². The van der Waals surface area contributed by atoms with Crippen LogP contribution >= 0.6 is 0 Å². The van der Waals surface area contributed by atoms with E-state index in [1.807, 2.05) is 4.90 Å². The van der Waals surface area contributed by atoms with Crippen LogP contribution in [0.3, 0.4) is 0 Å². The van der Waals surface area contributed by atoms with Crippen molar-refractivity contribution in [2.24, 2.45) is 17.6 Å². The topological polar surface area (TPSA) is 55.6 Å². The normalized spacial score (nSPS) is 26.9. The predicted molar refractivity (Wildman–Crippen MR) is 54.8 cm³/mol. The van der Waals surface area contributed by atoms with E-state index in [1.165, 1.54) is 0 Å². The fourth-order valence-corrected chi connectivity index (χ4v) is 1.95. The Bertz CT molecular complexity index is 197. The molecule has 2 N–H and O–H groups in total. The van der Waals surface area contributed by atoms with Crippen LogP contribution in [-0.4, -0.2) is 44.2 Å². The molecule has 1 saturated heterocycles. The van der Waals surface area contributed by atoms with E-state index in [0.29, 0.717) is 24.8 Å². The number of carbonyl (C=O) groups is 1. The number of hydrogen-bond donors (Lipinski definition) is 1. The van der Waals surface area contributed by atoms with Gasteiger partial charge in [-0.2, -0.15) is 0 Å². The highest BCUT2D eigenvalue weighted by atomic mass is 16.5. The van der Waals surface area contributed by atoms with Crippen LogP contribution in [-0.2, 0) is 9.53 Å². The molecule has 0 bridgehead atoms. The molecule has 82 valence electrons. The molecular weight excluding hydrogens is 180 g/mol. The first-order valence-electron chi connectivity index (χ1n) is 5.15. The maximum atomic E-state index is 11.5. The highest BCUT2D eigenvalue weighted by Gasteiger charge is 2.31. The third-order valence-electron chi connectivity index (χ3n) is 2.86. The van der Waals surface area contributed by atoms with Crippen molar-refractivity contribution in [2.45, 2.75) is 13.3 Å². The number of nitrogens with two attached hydrogens (primary N) is 1. The van der Waals surface area contributed by atoms with E-state index in [1.54, 1.807) is 7.11 Å². The van der Waals surface area contributed by atoms with Gasteiger partial charge in [-0.25, -0.2) is 0 Å². The lowest BCUT2D eigenvalue weighted by atomic mass is 10.00. The second-order valence-electron chi connectivity index (χ2n) is 4.03. The Balaban J connectivity index is 2.41. The lowest BCUT2D eigenvalue weighted by Gasteiger charge is -2.15. The summed E-state index contributed by atoms with van der Waals surface area (Å²) in [5.41, 5.74) is 5.35. The van der Waals surface area contributed by atoms with Gasteiger partial charge in [0.2, 0.25) is 5.91 Å². The van der Waals surface area contributed by atoms with Crippen LogP contribution in [0.4, 0.5) is 0 Å². The molecule has 0 radical (unpaired) electrons. The van der Waals surface area contributed by atoms with Gasteiger partial charge in [0.25, 0.3) is 0 Å². The molecule has 4 heteroatoms. The first-order valence-corrected chi connectivity index (χ1v) is 5.15. The zero-order valence-electron chi connectivity index (χ0n) is 9.03. The van der Waals surface area contributed by atoms with Crippen molar-refractivity contribution < 1.29 is 9.53 Å². The molecular formula is C10H20N2O2. The molecule has 0 aromatic carbocycles. The largest absolute Gasteiger partial charge is 0.384 e. The first-order chi connectivity index (χ1) is 6.69. The molecule has 0 aromatic rings. The summed E-state index contributed by atoms with van der Waals surface area (Å²) in [4.78, 5) is 13.4. The van der Waals surface area contributed by atoms with E-state index in [0.717, 1.165) is 19.7 Å². The van der Waals surface area contributed by atoms with Gasteiger partial charge in [0, 0.05) is 39.1 Å². The monoisotopic (exact) mass is 200 g/mol. The summed E-state index contributed by atoms with van der Waals surface area (Å²) in [5, 5.41) is 0. The van der Waals surface area contributed by atoms with E-state index in [-0.39, 0.29) is 5.91 Å². The Labute approximate surface area is 85.4 Å². The van der Waals surface area contributed by atoms with Crippen molar-refractivity contribution >= 4 is 5.91 Å². The van der Waals surface area contributed by atoms with Crippen molar-refractivity contribution in [1.82, 2.24) is 4.90 Å². The maximum Gasteiger partial charge on any atom is 0.223 e. The molecule has 0 spiro atoms. The van der Waals surface area contributed by atoms with Gasteiger partial charge in [-0.1, -0.05) is 6.92 Å². The number of rotatable bonds is 4. The minimum Gasteiger partial charge on any atom is -0.384 e. The van der Waals surface area contributed by atoms with Gasteiger partial charge in [0.05, 0.1) is 6.61 Å². The molecule has 1 aliphatic heterocycles. The van der Waals surface area contributed by atoms with Crippen molar-refractivity contribution in [2.75, 3.05) is 33.4 Å². The van der Waals surface area contributed by atoms with Crippen molar-refractivity contribution in [1.29, 1.82) is 0 Å². The van der Waals surface area contributed by atoms with E-state index in [4.69, 9.17) is 10.5 Å². The number of methoxy groups -OCH3 is 1. The van der Waals surface area contributed by atoms with Gasteiger partial charge in [0.1, 0.15) is 0 Å². The summed E-state index contributed by atoms with van der Waals surface area (Å²) in [7, 11) is 1.71. The van der Waals surface area contributed by atoms with Crippen LogP contribution < -0.4 is 5.73 Å². The standard InChI is InChI=1S/C10H20N2O2/c1-8-5-12(10(13)3-4-11)6-9(8)7-14-2/h8-9H,3-7,11H2,1-2H3/t8-,9+/m0/s1. The average molecular weight is 200 g/mol. The summed E-state index contributed by atoms with van der Waals surface area (Å²) < 4.78 is 5.12. The Morgan fingerprint density at radius 3 is 2.86 bits per heavy atom. The van der Waals surface area contributed by atoms with Gasteiger partial charge >= 0.3 is 0 Å². The number of hydrogen-bond acceptors (Lipinski definition) is 3. The van der Waals surface area contributed by atoms with Crippen LogP contribution in [0.2, 0.25) is 0 Å². The third kappa shape index (κ3) is 2.69. The molecule has 1 rings (SSSR count). The first kappa shape index (κ1) is 11.5. The number of nitrogens with zero attached hydrogens (tertiary/aromatic N) is 1. The minimum atomic E-state index is 0.179. The molecule has 2 atom stereocenters. The van der Waals surface area contributed by atoms with Gasteiger partial charge < -0.3 is 15.4 Å². The van der Waals surface area contributed by atoms with E-state index < -0.39 is 0 Å². The molecule has 1 amide bonds. The summed E-state index contributed by atoms with van der Waals surface area (Å²) >= 11 is 0. The van der Waals surface area contributed by atoms with Crippen molar-refractivity contribution in [3.63, 3.8) is 0 Å². The molecule has 0 aliphatic carbocycles. The number of carbonyl (C=O) groups excluding carboxylic acids is 1. The third-order valence-corrected chi connectivity index (χ3v) is 2.86. The lowest BCUT2D eigenvalue weighted by Crippen LogP contribution is -2.30. The summed E-state index contributed by atoms with van der Waals surface area (Å²) in [6.45, 7) is 5.03. The number of likely N-dealkylation sites (tertiary alicyclic amines) is 1. The van der Waals surface area contributed by atoms with E-state index in [2.05, 4.69) is 6.92 Å². The van der Waals surface area contributed by atoms with Crippen LogP contribution in [0.15, 0.2) is 0 Å². The van der Waals surface area contributed by atoms with Crippen LogP contribution in [0.1, 0.15) is 13.3 Å². The Morgan fingerprint density at radius 1 is 1.57 bits per heavy atom. The van der Waals surface area contributed by atoms with Crippen LogP contribution in [0.25, 0.3) is 0 Å². The SMILES string of the molecule is COC[C@H]1CN(C(=O)CCN)C[C@@H]1C. The fraction of sp³-hybridized carbons (Fsp3) is 0.900. The fourth-order valence-electron chi connectivity index (χ4n) is 1.95. The van der Waals surface area contributed by atoms with Gasteiger partial charge in [-0.15, -0.1) is 0 Å². The number of amides is 1. The molecule has 1 heterocycles. The van der Waals surface area contributed by atoms with Crippen LogP contribution in [0, 0.1) is 11.8 Å². The summed E-state index contributed by atoms with van der Waals surface area (Å²) in [6, 6.07) is 0. The molecule has 1 fully saturated rings. The maximum absolute atomic E-state index is 11.5. The minimum absolute atomic E-state index is 0.179. The second kappa shape index (κ2) is 5.32. The molecule has 0 unspecified atom stereocenters. The van der Waals surface area contributed by atoms with Gasteiger partial charge in [0.15, 0.2) is 0 Å². The van der Waals surface area contributed by atoms with Crippen molar-refractivity contribution in [3.8, 4) is 0 Å². The molecule has 0 saturated carbocycles. The zero-order chi connectivity index (χ0) is 10.6. The highest BCUT2D eigenvalue weighted by Crippen LogP contribution is 2.23. The van der Waals surface area contributed by atoms with Gasteiger partial charge in [-0.05, 0) is 5.92 Å². The van der Waals surface area contributed by atoms with E-state index in [9.17, 15) is 4.79 Å². The molecule has 1 aliphatic rings. The predicted octanol–water partition coefficient (Wildman–Crippen LogP) is 0.0761. The molecule has 14 heavy (non-hydrogen) atoms. The Morgan fingerprint density at radius 2 is 2.29 bits per heavy atom.